The zero-order chi connectivity index (χ0) is 15.1. The highest BCUT2D eigenvalue weighted by atomic mass is 79.9. The van der Waals surface area contributed by atoms with E-state index in [0.29, 0.717) is 5.95 Å². The highest BCUT2D eigenvalue weighted by Gasteiger charge is 2.21. The van der Waals surface area contributed by atoms with Crippen molar-refractivity contribution in [2.24, 2.45) is 5.10 Å². The number of halogens is 1. The van der Waals surface area contributed by atoms with E-state index in [2.05, 4.69) is 42.7 Å². The van der Waals surface area contributed by atoms with Crippen molar-refractivity contribution in [2.75, 3.05) is 5.43 Å². The van der Waals surface area contributed by atoms with Gasteiger partial charge in [0.1, 0.15) is 11.5 Å². The lowest BCUT2D eigenvalue weighted by molar-refractivity contribution is 0.969. The zero-order valence-corrected chi connectivity index (χ0v) is 13.4. The van der Waals surface area contributed by atoms with E-state index >= 15 is 0 Å². The molecule has 0 saturated carbocycles. The number of hydrogen-bond acceptors (Lipinski definition) is 4. The number of aromatic nitrogens is 3. The van der Waals surface area contributed by atoms with Crippen LogP contribution >= 0.6 is 15.9 Å². The molecule has 0 amide bonds. The smallest absolute Gasteiger partial charge is 0.249 e. The van der Waals surface area contributed by atoms with Crippen molar-refractivity contribution in [1.29, 1.82) is 0 Å². The van der Waals surface area contributed by atoms with Crippen LogP contribution in [0.2, 0.25) is 0 Å². The molecular formula is C16H12BrN5. The maximum atomic E-state index is 4.55. The van der Waals surface area contributed by atoms with Crippen molar-refractivity contribution in [3.8, 4) is 5.69 Å². The first-order valence-corrected chi connectivity index (χ1v) is 7.65. The number of benzene rings is 2. The third-order valence-electron chi connectivity index (χ3n) is 3.59. The summed E-state index contributed by atoms with van der Waals surface area (Å²) in [6.45, 7) is 1.93. The lowest BCUT2D eigenvalue weighted by Gasteiger charge is -2.12. The summed E-state index contributed by atoms with van der Waals surface area (Å²) in [5.41, 5.74) is 6.98. The van der Waals surface area contributed by atoms with Gasteiger partial charge < -0.3 is 0 Å². The predicted molar refractivity (Wildman–Crippen MR) is 89.5 cm³/mol. The normalized spacial score (nSPS) is 12.7. The summed E-state index contributed by atoms with van der Waals surface area (Å²) in [5, 5.41) is 12.8. The van der Waals surface area contributed by atoms with E-state index in [9.17, 15) is 0 Å². The van der Waals surface area contributed by atoms with Gasteiger partial charge in [-0.25, -0.2) is 5.43 Å². The van der Waals surface area contributed by atoms with Gasteiger partial charge in [-0.1, -0.05) is 46.3 Å². The number of fused-ring (bicyclic) bond motifs is 3. The van der Waals surface area contributed by atoms with Crippen LogP contribution in [0.15, 0.2) is 58.1 Å². The molecule has 1 aliphatic heterocycles. The summed E-state index contributed by atoms with van der Waals surface area (Å²) >= 11 is 3.55. The molecular weight excluding hydrogens is 342 g/mol. The Morgan fingerprint density at radius 3 is 2.68 bits per heavy atom. The number of aryl methyl sites for hydroxylation is 1. The van der Waals surface area contributed by atoms with Crippen LogP contribution < -0.4 is 5.43 Å². The van der Waals surface area contributed by atoms with Gasteiger partial charge in [-0.3, -0.25) is 4.57 Å². The number of hydrogen-bond donors (Lipinski definition) is 1. The molecule has 0 spiro atoms. The molecule has 1 aromatic heterocycles. The molecule has 5 nitrogen and oxygen atoms in total. The summed E-state index contributed by atoms with van der Waals surface area (Å²) in [5.74, 6) is 1.43. The molecule has 4 rings (SSSR count). The zero-order valence-electron chi connectivity index (χ0n) is 11.8. The molecule has 3 aromatic rings. The monoisotopic (exact) mass is 353 g/mol. The van der Waals surface area contributed by atoms with Crippen molar-refractivity contribution >= 4 is 27.6 Å². The Bertz CT molecular complexity index is 883. The van der Waals surface area contributed by atoms with E-state index in [0.717, 1.165) is 32.8 Å². The average Bonchev–Trinajstić information content (AvgIpc) is 2.82. The van der Waals surface area contributed by atoms with E-state index in [4.69, 9.17) is 0 Å². The minimum absolute atomic E-state index is 0.618. The van der Waals surface area contributed by atoms with Crippen LogP contribution in [0.3, 0.4) is 0 Å². The molecule has 1 N–H and O–H groups in total. The molecule has 0 fully saturated rings. The van der Waals surface area contributed by atoms with Gasteiger partial charge >= 0.3 is 0 Å². The van der Waals surface area contributed by atoms with Crippen LogP contribution in [0.25, 0.3) is 5.69 Å². The second-order valence-electron chi connectivity index (χ2n) is 5.01. The fraction of sp³-hybridized carbons (Fsp3) is 0.0625. The van der Waals surface area contributed by atoms with Crippen molar-refractivity contribution in [2.45, 2.75) is 6.92 Å². The largest absolute Gasteiger partial charge is 0.264 e. The Morgan fingerprint density at radius 2 is 1.86 bits per heavy atom. The van der Waals surface area contributed by atoms with Gasteiger partial charge in [0.15, 0.2) is 0 Å². The molecule has 0 unspecified atom stereocenters. The molecule has 2 heterocycles. The molecule has 0 bridgehead atoms. The Morgan fingerprint density at radius 1 is 1.05 bits per heavy atom. The van der Waals surface area contributed by atoms with Crippen molar-refractivity contribution in [1.82, 2.24) is 14.8 Å². The number of nitrogens with zero attached hydrogens (tertiary/aromatic N) is 4. The van der Waals surface area contributed by atoms with Crippen LogP contribution in [-0.4, -0.2) is 20.5 Å². The maximum absolute atomic E-state index is 4.55. The number of rotatable bonds is 1. The molecule has 0 saturated heterocycles. The van der Waals surface area contributed by atoms with Gasteiger partial charge in [0.05, 0.1) is 5.69 Å². The molecule has 0 atom stereocenters. The van der Waals surface area contributed by atoms with Crippen molar-refractivity contribution in [3.05, 3.63) is 70.0 Å². The Hall–Kier alpha value is -2.47. The van der Waals surface area contributed by atoms with E-state index in [1.54, 1.807) is 0 Å². The summed E-state index contributed by atoms with van der Waals surface area (Å²) < 4.78 is 2.98. The summed E-state index contributed by atoms with van der Waals surface area (Å²) in [7, 11) is 0. The van der Waals surface area contributed by atoms with E-state index in [1.165, 1.54) is 0 Å². The lowest BCUT2D eigenvalue weighted by Crippen LogP contribution is -2.07. The van der Waals surface area contributed by atoms with Crippen LogP contribution in [0.5, 0.6) is 0 Å². The molecule has 0 aliphatic carbocycles. The molecule has 2 aromatic carbocycles. The minimum Gasteiger partial charge on any atom is -0.264 e. The molecule has 0 radical (unpaired) electrons. The van der Waals surface area contributed by atoms with Gasteiger partial charge in [-0.05, 0) is 25.1 Å². The number of hydrazone groups is 1. The van der Waals surface area contributed by atoms with Gasteiger partial charge in [0, 0.05) is 15.6 Å². The van der Waals surface area contributed by atoms with Crippen molar-refractivity contribution in [3.63, 3.8) is 0 Å². The first kappa shape index (κ1) is 13.2. The molecule has 22 heavy (non-hydrogen) atoms. The van der Waals surface area contributed by atoms with Gasteiger partial charge in [-0.2, -0.15) is 5.10 Å². The SMILES string of the molecule is Cc1nnc2n1-c1ccc(Br)cc1C(c1ccccc1)=NN2. The van der Waals surface area contributed by atoms with E-state index in [-0.39, 0.29) is 0 Å². The van der Waals surface area contributed by atoms with Crippen molar-refractivity contribution < 1.29 is 0 Å². The first-order chi connectivity index (χ1) is 10.7. The summed E-state index contributed by atoms with van der Waals surface area (Å²) in [4.78, 5) is 0. The number of anilines is 1. The Labute approximate surface area is 135 Å². The Balaban J connectivity index is 2.01. The highest BCUT2D eigenvalue weighted by Crippen LogP contribution is 2.28. The third kappa shape index (κ3) is 2.03. The first-order valence-electron chi connectivity index (χ1n) is 6.85. The second-order valence-corrected chi connectivity index (χ2v) is 5.92. The Kier molecular flexibility index (Phi) is 3.04. The van der Waals surface area contributed by atoms with Gasteiger partial charge in [0.2, 0.25) is 5.95 Å². The van der Waals surface area contributed by atoms with Gasteiger partial charge in [0.25, 0.3) is 0 Å². The quantitative estimate of drug-likeness (QED) is 0.728. The van der Waals surface area contributed by atoms with E-state index < -0.39 is 0 Å². The van der Waals surface area contributed by atoms with Crippen LogP contribution in [0.4, 0.5) is 5.95 Å². The van der Waals surface area contributed by atoms with Gasteiger partial charge in [-0.15, -0.1) is 10.2 Å². The third-order valence-corrected chi connectivity index (χ3v) is 4.09. The van der Waals surface area contributed by atoms with Crippen LogP contribution in [0, 0.1) is 6.92 Å². The maximum Gasteiger partial charge on any atom is 0.249 e. The summed E-state index contributed by atoms with van der Waals surface area (Å²) in [6.07, 6.45) is 0. The fourth-order valence-electron chi connectivity index (χ4n) is 2.60. The lowest BCUT2D eigenvalue weighted by atomic mass is 10.0. The van der Waals surface area contributed by atoms with Crippen LogP contribution in [0.1, 0.15) is 17.0 Å². The van der Waals surface area contributed by atoms with Crippen LogP contribution in [-0.2, 0) is 0 Å². The van der Waals surface area contributed by atoms with E-state index in [1.807, 2.05) is 54.0 Å². The summed E-state index contributed by atoms with van der Waals surface area (Å²) in [6, 6.07) is 16.2. The minimum atomic E-state index is 0.618. The standard InChI is InChI=1S/C16H12BrN5/c1-10-18-20-16-21-19-15(11-5-3-2-4-6-11)13-9-12(17)7-8-14(13)22(10)16/h2-9H,1H3,(H,20,21). The number of nitrogens with one attached hydrogen (secondary N) is 1. The average molecular weight is 354 g/mol. The molecule has 108 valence electrons. The topological polar surface area (TPSA) is 55.1 Å². The predicted octanol–water partition coefficient (Wildman–Crippen LogP) is 3.52. The highest BCUT2D eigenvalue weighted by molar-refractivity contribution is 9.10. The molecule has 6 heteroatoms. The fourth-order valence-corrected chi connectivity index (χ4v) is 2.96. The second kappa shape index (κ2) is 5.06. The molecule has 1 aliphatic rings.